The van der Waals surface area contributed by atoms with Crippen LogP contribution in [0.5, 0.6) is 0 Å². The third kappa shape index (κ3) is 2.59. The van der Waals surface area contributed by atoms with E-state index in [2.05, 4.69) is 10.4 Å². The molecule has 4 nitrogen and oxygen atoms in total. The highest BCUT2D eigenvalue weighted by Gasteiger charge is 2.22. The maximum absolute atomic E-state index is 12.0. The molecule has 0 unspecified atom stereocenters. The van der Waals surface area contributed by atoms with Crippen molar-refractivity contribution in [3.05, 3.63) is 42.7 Å². The molecule has 94 valence electrons. The highest BCUT2D eigenvalue weighted by Crippen LogP contribution is 2.22. The van der Waals surface area contributed by atoms with Crippen molar-refractivity contribution in [2.75, 3.05) is 5.32 Å². The Balaban J connectivity index is 2.32. The van der Waals surface area contributed by atoms with Crippen LogP contribution < -0.4 is 5.32 Å². The van der Waals surface area contributed by atoms with Gasteiger partial charge in [-0.1, -0.05) is 32.9 Å². The number of benzene rings is 1. The fourth-order valence-electron chi connectivity index (χ4n) is 1.50. The zero-order valence-electron chi connectivity index (χ0n) is 10.8. The second kappa shape index (κ2) is 4.64. The van der Waals surface area contributed by atoms with Gasteiger partial charge in [-0.3, -0.25) is 4.79 Å². The number of carbonyl (C=O) groups is 1. The summed E-state index contributed by atoms with van der Waals surface area (Å²) in [5, 5.41) is 7.12. The van der Waals surface area contributed by atoms with Crippen molar-refractivity contribution in [3.8, 4) is 5.69 Å². The van der Waals surface area contributed by atoms with Crippen molar-refractivity contribution in [2.45, 2.75) is 20.8 Å². The molecular formula is C14H17N3O. The molecule has 0 bridgehead atoms. The van der Waals surface area contributed by atoms with Crippen LogP contribution in [0.3, 0.4) is 0 Å². The minimum atomic E-state index is -0.419. The Morgan fingerprint density at radius 2 is 1.94 bits per heavy atom. The summed E-state index contributed by atoms with van der Waals surface area (Å²) in [7, 11) is 0. The van der Waals surface area contributed by atoms with Gasteiger partial charge in [-0.2, -0.15) is 5.10 Å². The lowest BCUT2D eigenvalue weighted by molar-refractivity contribution is -0.123. The smallest absolute Gasteiger partial charge is 0.229 e. The molecule has 18 heavy (non-hydrogen) atoms. The van der Waals surface area contributed by atoms with E-state index in [9.17, 15) is 4.79 Å². The van der Waals surface area contributed by atoms with E-state index in [-0.39, 0.29) is 5.91 Å². The lowest BCUT2D eigenvalue weighted by atomic mass is 9.95. The molecule has 1 aromatic heterocycles. The molecule has 0 fully saturated rings. The first-order valence-corrected chi connectivity index (χ1v) is 5.89. The van der Waals surface area contributed by atoms with Crippen molar-refractivity contribution in [1.29, 1.82) is 0 Å². The Morgan fingerprint density at radius 3 is 2.56 bits per heavy atom. The third-order valence-corrected chi connectivity index (χ3v) is 2.58. The summed E-state index contributed by atoms with van der Waals surface area (Å²) in [5.41, 5.74) is 1.21. The zero-order valence-corrected chi connectivity index (χ0v) is 10.8. The first kappa shape index (κ1) is 12.4. The Bertz CT molecular complexity index is 538. The lowest BCUT2D eigenvalue weighted by Crippen LogP contribution is -2.28. The summed E-state index contributed by atoms with van der Waals surface area (Å²) < 4.78 is 1.73. The largest absolute Gasteiger partial charge is 0.324 e. The van der Waals surface area contributed by atoms with Gasteiger partial charge in [0.25, 0.3) is 0 Å². The van der Waals surface area contributed by atoms with Crippen LogP contribution in [0.1, 0.15) is 20.8 Å². The molecule has 1 amide bonds. The number of nitrogens with one attached hydrogen (secondary N) is 1. The summed E-state index contributed by atoms with van der Waals surface area (Å²) in [5.74, 6) is -0.0119. The molecule has 2 rings (SSSR count). The SMILES string of the molecule is CC(C)(C)C(=O)Nc1ccccc1-n1cccn1. The van der Waals surface area contributed by atoms with Gasteiger partial charge in [0.1, 0.15) is 0 Å². The Morgan fingerprint density at radius 1 is 1.22 bits per heavy atom. The molecular weight excluding hydrogens is 226 g/mol. The fraction of sp³-hybridized carbons (Fsp3) is 0.286. The molecule has 0 saturated heterocycles. The van der Waals surface area contributed by atoms with Crippen LogP contribution in [0.25, 0.3) is 5.69 Å². The van der Waals surface area contributed by atoms with Gasteiger partial charge in [0.15, 0.2) is 0 Å². The first-order chi connectivity index (χ1) is 8.48. The molecule has 0 atom stereocenters. The van der Waals surface area contributed by atoms with Crippen molar-refractivity contribution < 1.29 is 4.79 Å². The highest BCUT2D eigenvalue weighted by molar-refractivity contribution is 5.96. The number of para-hydroxylation sites is 2. The van der Waals surface area contributed by atoms with Crippen molar-refractivity contribution in [1.82, 2.24) is 9.78 Å². The van der Waals surface area contributed by atoms with E-state index in [4.69, 9.17) is 0 Å². The second-order valence-corrected chi connectivity index (χ2v) is 5.17. The number of nitrogens with zero attached hydrogens (tertiary/aromatic N) is 2. The van der Waals surface area contributed by atoms with E-state index in [1.54, 1.807) is 10.9 Å². The van der Waals surface area contributed by atoms with E-state index in [0.29, 0.717) is 0 Å². The summed E-state index contributed by atoms with van der Waals surface area (Å²) in [6, 6.07) is 9.46. The van der Waals surface area contributed by atoms with Gasteiger partial charge in [-0.25, -0.2) is 4.68 Å². The Labute approximate surface area is 107 Å². The van der Waals surface area contributed by atoms with Gasteiger partial charge in [0.2, 0.25) is 5.91 Å². The topological polar surface area (TPSA) is 46.9 Å². The van der Waals surface area contributed by atoms with Gasteiger partial charge in [-0.05, 0) is 18.2 Å². The summed E-state index contributed by atoms with van der Waals surface area (Å²) >= 11 is 0. The van der Waals surface area contributed by atoms with Gasteiger partial charge in [0, 0.05) is 17.8 Å². The van der Waals surface area contributed by atoms with Crippen molar-refractivity contribution >= 4 is 11.6 Å². The number of hydrogen-bond donors (Lipinski definition) is 1. The Hall–Kier alpha value is -2.10. The molecule has 1 heterocycles. The van der Waals surface area contributed by atoms with Crippen LogP contribution >= 0.6 is 0 Å². The second-order valence-electron chi connectivity index (χ2n) is 5.17. The van der Waals surface area contributed by atoms with Gasteiger partial charge >= 0.3 is 0 Å². The molecule has 1 aromatic carbocycles. The molecule has 0 saturated carbocycles. The predicted molar refractivity (Wildman–Crippen MR) is 71.6 cm³/mol. The van der Waals surface area contributed by atoms with Crippen LogP contribution in [0.2, 0.25) is 0 Å². The van der Waals surface area contributed by atoms with E-state index in [1.807, 2.05) is 57.3 Å². The average Bonchev–Trinajstić information content (AvgIpc) is 2.82. The predicted octanol–water partition coefficient (Wildman–Crippen LogP) is 2.86. The molecule has 0 aliphatic rings. The third-order valence-electron chi connectivity index (χ3n) is 2.58. The molecule has 0 aliphatic heterocycles. The van der Waals surface area contributed by atoms with Crippen LogP contribution in [0, 0.1) is 5.41 Å². The van der Waals surface area contributed by atoms with E-state index < -0.39 is 5.41 Å². The minimum Gasteiger partial charge on any atom is -0.324 e. The van der Waals surface area contributed by atoms with Gasteiger partial charge in [-0.15, -0.1) is 0 Å². The maximum atomic E-state index is 12.0. The van der Waals surface area contributed by atoms with Crippen molar-refractivity contribution in [2.24, 2.45) is 5.41 Å². The number of rotatable bonds is 2. The zero-order chi connectivity index (χ0) is 13.2. The molecule has 0 radical (unpaired) electrons. The van der Waals surface area contributed by atoms with E-state index >= 15 is 0 Å². The normalized spacial score (nSPS) is 11.3. The van der Waals surface area contributed by atoms with Crippen molar-refractivity contribution in [3.63, 3.8) is 0 Å². The number of amides is 1. The van der Waals surface area contributed by atoms with Crippen LogP contribution in [0.4, 0.5) is 5.69 Å². The van der Waals surface area contributed by atoms with E-state index in [1.165, 1.54) is 0 Å². The monoisotopic (exact) mass is 243 g/mol. The van der Waals surface area contributed by atoms with Crippen LogP contribution in [-0.4, -0.2) is 15.7 Å². The van der Waals surface area contributed by atoms with Gasteiger partial charge in [0.05, 0.1) is 11.4 Å². The standard InChI is InChI=1S/C14H17N3O/c1-14(2,3)13(18)16-11-7-4-5-8-12(11)17-10-6-9-15-17/h4-10H,1-3H3,(H,16,18). The first-order valence-electron chi connectivity index (χ1n) is 5.89. The number of aromatic nitrogens is 2. The minimum absolute atomic E-state index is 0.0119. The quantitative estimate of drug-likeness (QED) is 0.881. The molecule has 4 heteroatoms. The number of anilines is 1. The maximum Gasteiger partial charge on any atom is 0.229 e. The highest BCUT2D eigenvalue weighted by atomic mass is 16.2. The van der Waals surface area contributed by atoms with Crippen LogP contribution in [0.15, 0.2) is 42.7 Å². The summed E-state index contributed by atoms with van der Waals surface area (Å²) in [4.78, 5) is 12.0. The molecule has 0 aliphatic carbocycles. The van der Waals surface area contributed by atoms with Crippen LogP contribution in [-0.2, 0) is 4.79 Å². The lowest BCUT2D eigenvalue weighted by Gasteiger charge is -2.19. The van der Waals surface area contributed by atoms with E-state index in [0.717, 1.165) is 11.4 Å². The number of hydrogen-bond acceptors (Lipinski definition) is 2. The molecule has 0 spiro atoms. The average molecular weight is 243 g/mol. The Kier molecular flexibility index (Phi) is 3.19. The summed E-state index contributed by atoms with van der Waals surface area (Å²) in [6.07, 6.45) is 3.56. The fourth-order valence-corrected chi connectivity index (χ4v) is 1.50. The number of carbonyl (C=O) groups excluding carboxylic acids is 1. The molecule has 2 aromatic rings. The van der Waals surface area contributed by atoms with Gasteiger partial charge < -0.3 is 5.32 Å². The summed E-state index contributed by atoms with van der Waals surface area (Å²) in [6.45, 7) is 5.66. The molecule has 1 N–H and O–H groups in total.